The van der Waals surface area contributed by atoms with Crippen molar-refractivity contribution in [1.29, 1.82) is 0 Å². The van der Waals surface area contributed by atoms with Crippen LogP contribution in [-0.4, -0.2) is 33.3 Å². The molecule has 4 rings (SSSR count). The quantitative estimate of drug-likeness (QED) is 0.323. The first kappa shape index (κ1) is 23.1. The number of nitrogens with one attached hydrogen (secondary N) is 3. The van der Waals surface area contributed by atoms with Crippen molar-refractivity contribution in [1.82, 2.24) is 20.3 Å². The predicted molar refractivity (Wildman–Crippen MR) is 130 cm³/mol. The minimum atomic E-state index is -0.684. The van der Waals surface area contributed by atoms with Gasteiger partial charge in [0.25, 0.3) is 17.4 Å². The van der Waals surface area contributed by atoms with Crippen molar-refractivity contribution in [2.75, 3.05) is 11.9 Å². The van der Waals surface area contributed by atoms with Crippen LogP contribution >= 0.6 is 11.6 Å². The number of benzene rings is 2. The molecule has 0 fully saturated rings. The van der Waals surface area contributed by atoms with Crippen LogP contribution in [0.5, 0.6) is 0 Å². The molecule has 34 heavy (non-hydrogen) atoms. The first-order valence-electron chi connectivity index (χ1n) is 10.5. The highest BCUT2D eigenvalue weighted by atomic mass is 35.5. The maximum absolute atomic E-state index is 12.9. The van der Waals surface area contributed by atoms with E-state index in [4.69, 9.17) is 17.3 Å². The normalized spacial score (nSPS) is 11.7. The van der Waals surface area contributed by atoms with Gasteiger partial charge in [0.05, 0.1) is 16.8 Å². The van der Waals surface area contributed by atoms with Crippen molar-refractivity contribution in [3.05, 3.63) is 99.2 Å². The second-order valence-electron chi connectivity index (χ2n) is 7.50. The molecule has 9 nitrogen and oxygen atoms in total. The highest BCUT2D eigenvalue weighted by Gasteiger charge is 2.18. The summed E-state index contributed by atoms with van der Waals surface area (Å²) in [7, 11) is 0. The van der Waals surface area contributed by atoms with Crippen LogP contribution in [0.15, 0.2) is 71.9 Å². The molecule has 0 radical (unpaired) electrons. The number of aromatic amines is 1. The molecule has 172 valence electrons. The molecule has 5 N–H and O–H groups in total. The van der Waals surface area contributed by atoms with Crippen LogP contribution in [0.1, 0.15) is 38.7 Å². The Kier molecular flexibility index (Phi) is 6.95. The fourth-order valence-corrected chi connectivity index (χ4v) is 3.65. The molecule has 0 saturated carbocycles. The summed E-state index contributed by atoms with van der Waals surface area (Å²) in [6.45, 7) is 0.396. The summed E-state index contributed by atoms with van der Waals surface area (Å²) in [6, 6.07) is 15.1. The maximum atomic E-state index is 12.9. The summed E-state index contributed by atoms with van der Waals surface area (Å²) in [5.74, 6) is -1.04. The van der Waals surface area contributed by atoms with Gasteiger partial charge in [-0.2, -0.15) is 0 Å². The van der Waals surface area contributed by atoms with Crippen molar-refractivity contribution in [2.45, 2.75) is 12.5 Å². The average Bonchev–Trinajstić information content (AvgIpc) is 2.85. The van der Waals surface area contributed by atoms with Crippen LogP contribution in [0.25, 0.3) is 11.0 Å². The Morgan fingerprint density at radius 2 is 1.88 bits per heavy atom. The van der Waals surface area contributed by atoms with Gasteiger partial charge in [-0.15, -0.1) is 0 Å². The summed E-state index contributed by atoms with van der Waals surface area (Å²) in [5.41, 5.74) is 6.72. The first-order chi connectivity index (χ1) is 16.5. The van der Waals surface area contributed by atoms with Crippen LogP contribution in [0.3, 0.4) is 0 Å². The van der Waals surface area contributed by atoms with Crippen molar-refractivity contribution in [2.24, 2.45) is 5.73 Å². The van der Waals surface area contributed by atoms with Gasteiger partial charge in [-0.25, -0.2) is 9.97 Å². The Hall–Kier alpha value is -4.08. The largest absolute Gasteiger partial charge is 0.345 e. The topological polar surface area (TPSA) is 143 Å². The lowest BCUT2D eigenvalue weighted by Gasteiger charge is -2.19. The molecule has 10 heteroatoms. The minimum absolute atomic E-state index is 0.139. The van der Waals surface area contributed by atoms with E-state index >= 15 is 0 Å². The van der Waals surface area contributed by atoms with E-state index in [0.717, 1.165) is 5.56 Å². The minimum Gasteiger partial charge on any atom is -0.345 e. The highest BCUT2D eigenvalue weighted by Crippen LogP contribution is 2.25. The fourth-order valence-electron chi connectivity index (χ4n) is 3.48. The van der Waals surface area contributed by atoms with Gasteiger partial charge < -0.3 is 21.4 Å². The Morgan fingerprint density at radius 3 is 2.65 bits per heavy atom. The monoisotopic (exact) mass is 476 g/mol. The third-order valence-electron chi connectivity index (χ3n) is 5.20. The molecule has 0 bridgehead atoms. The number of H-pyrrole nitrogens is 1. The molecule has 1 unspecified atom stereocenters. The van der Waals surface area contributed by atoms with E-state index < -0.39 is 11.5 Å². The van der Waals surface area contributed by atoms with Gasteiger partial charge in [0.15, 0.2) is 0 Å². The third kappa shape index (κ3) is 5.11. The van der Waals surface area contributed by atoms with Crippen molar-refractivity contribution in [3.8, 4) is 0 Å². The molecular formula is C24H21ClN6O3. The summed E-state index contributed by atoms with van der Waals surface area (Å²) < 4.78 is 0. The van der Waals surface area contributed by atoms with Crippen LogP contribution in [-0.2, 0) is 0 Å². The Balaban J connectivity index is 1.56. The number of carbonyl (C=O) groups is 2. The molecule has 4 aromatic rings. The molecule has 2 aromatic heterocycles. The third-order valence-corrected chi connectivity index (χ3v) is 5.53. The Labute approximate surface area is 199 Å². The second kappa shape index (κ2) is 10.2. The van der Waals surface area contributed by atoms with Gasteiger partial charge in [-0.1, -0.05) is 41.9 Å². The Bertz CT molecular complexity index is 1410. The molecule has 1 atom stereocenters. The van der Waals surface area contributed by atoms with E-state index in [1.54, 1.807) is 6.07 Å². The number of nitrogens with two attached hydrogens (primary N) is 1. The first-order valence-corrected chi connectivity index (χ1v) is 10.8. The van der Waals surface area contributed by atoms with E-state index in [2.05, 4.69) is 25.6 Å². The molecule has 0 saturated heterocycles. The zero-order valence-electron chi connectivity index (χ0n) is 17.9. The summed E-state index contributed by atoms with van der Waals surface area (Å²) >= 11 is 6.25. The molecule has 0 aliphatic rings. The zero-order chi connectivity index (χ0) is 24.1. The molecule has 2 aromatic carbocycles. The average molecular weight is 477 g/mol. The lowest BCUT2D eigenvalue weighted by molar-refractivity contribution is 0.0934. The number of anilines is 1. The summed E-state index contributed by atoms with van der Waals surface area (Å²) in [6.07, 6.45) is 3.34. The van der Waals surface area contributed by atoms with Gasteiger partial charge in [0.1, 0.15) is 17.5 Å². The number of hydrogen-bond acceptors (Lipinski definition) is 6. The molecule has 0 aliphatic carbocycles. The number of halogens is 1. The van der Waals surface area contributed by atoms with E-state index in [9.17, 15) is 14.4 Å². The van der Waals surface area contributed by atoms with E-state index in [-0.39, 0.29) is 28.2 Å². The standard InChI is InChI=1S/C24H21ClN6O3/c25-18-7-6-15(22(32)29-19(8-9-26)14-4-2-1-3-5-14)11-20(18)30-23(33)17-10-16-12-27-13-28-21(16)31-24(17)34/h1-7,10-13,19H,8-9,26H2,(H,29,32)(H,30,33)(H,27,28,31,34). The predicted octanol–water partition coefficient (Wildman–Crippen LogP) is 3.04. The number of fused-ring (bicyclic) bond motifs is 1. The van der Waals surface area contributed by atoms with Crippen LogP contribution in [0.4, 0.5) is 5.69 Å². The molecule has 0 aliphatic heterocycles. The molecular weight excluding hydrogens is 456 g/mol. The van der Waals surface area contributed by atoms with Gasteiger partial charge in [0.2, 0.25) is 0 Å². The van der Waals surface area contributed by atoms with Crippen molar-refractivity contribution in [3.63, 3.8) is 0 Å². The van der Waals surface area contributed by atoms with Crippen LogP contribution < -0.4 is 21.9 Å². The van der Waals surface area contributed by atoms with Gasteiger partial charge in [0, 0.05) is 17.1 Å². The van der Waals surface area contributed by atoms with Gasteiger partial charge >= 0.3 is 0 Å². The van der Waals surface area contributed by atoms with Crippen LogP contribution in [0.2, 0.25) is 5.02 Å². The molecule has 2 heterocycles. The molecule has 2 amide bonds. The number of pyridine rings is 1. The number of carbonyl (C=O) groups excluding carboxylic acids is 2. The second-order valence-corrected chi connectivity index (χ2v) is 7.91. The van der Waals surface area contributed by atoms with Gasteiger partial charge in [-0.3, -0.25) is 14.4 Å². The summed E-state index contributed by atoms with van der Waals surface area (Å²) in [4.78, 5) is 48.5. The van der Waals surface area contributed by atoms with Crippen molar-refractivity contribution < 1.29 is 9.59 Å². The van der Waals surface area contributed by atoms with E-state index in [1.807, 2.05) is 30.3 Å². The number of nitrogens with zero attached hydrogens (tertiary/aromatic N) is 2. The fraction of sp³-hybridized carbons (Fsp3) is 0.125. The van der Waals surface area contributed by atoms with Crippen molar-refractivity contribution >= 4 is 40.1 Å². The zero-order valence-corrected chi connectivity index (χ0v) is 18.7. The Morgan fingerprint density at radius 1 is 1.09 bits per heavy atom. The highest BCUT2D eigenvalue weighted by molar-refractivity contribution is 6.34. The number of rotatable bonds is 7. The van der Waals surface area contributed by atoms with Crippen LogP contribution in [0, 0.1) is 0 Å². The lowest BCUT2D eigenvalue weighted by atomic mass is 10.0. The summed E-state index contributed by atoms with van der Waals surface area (Å²) in [5, 5.41) is 6.29. The number of hydrogen-bond donors (Lipinski definition) is 4. The SMILES string of the molecule is NCCC(NC(=O)c1ccc(Cl)c(NC(=O)c2cc3cncnc3[nH]c2=O)c1)c1ccccc1. The lowest BCUT2D eigenvalue weighted by Crippen LogP contribution is -2.30. The molecule has 0 spiro atoms. The number of aromatic nitrogens is 3. The smallest absolute Gasteiger partial charge is 0.262 e. The maximum Gasteiger partial charge on any atom is 0.262 e. The van der Waals surface area contributed by atoms with E-state index in [1.165, 1.54) is 30.7 Å². The van der Waals surface area contributed by atoms with Gasteiger partial charge in [-0.05, 0) is 42.8 Å². The number of amides is 2. The van der Waals surface area contributed by atoms with E-state index in [0.29, 0.717) is 29.6 Å².